The van der Waals surface area contributed by atoms with Crippen molar-refractivity contribution in [1.82, 2.24) is 35.6 Å². The molecule has 4 amide bonds. The lowest BCUT2D eigenvalue weighted by Gasteiger charge is -2.40. The summed E-state index contributed by atoms with van der Waals surface area (Å²) in [5.41, 5.74) is 2.54. The van der Waals surface area contributed by atoms with Gasteiger partial charge < -0.3 is 29.9 Å². The quantitative estimate of drug-likeness (QED) is 0.297. The number of carbonyl (C=O) groups is 4. The highest BCUT2D eigenvalue weighted by Crippen LogP contribution is 2.29. The lowest BCUT2D eigenvalue weighted by Crippen LogP contribution is -2.62. The molecule has 1 atom stereocenters. The van der Waals surface area contributed by atoms with Gasteiger partial charge >= 0.3 is 0 Å². The maximum absolute atomic E-state index is 13.6. The van der Waals surface area contributed by atoms with E-state index in [-0.39, 0.29) is 49.3 Å². The zero-order chi connectivity index (χ0) is 33.6. The van der Waals surface area contributed by atoms with Gasteiger partial charge in [0.25, 0.3) is 11.8 Å². The molecule has 0 aliphatic carbocycles. The summed E-state index contributed by atoms with van der Waals surface area (Å²) in [4.78, 5) is 61.2. The summed E-state index contributed by atoms with van der Waals surface area (Å²) >= 11 is 0. The van der Waals surface area contributed by atoms with Gasteiger partial charge in [-0.15, -0.1) is 0 Å². The Hall–Kier alpha value is -5.72. The van der Waals surface area contributed by atoms with Crippen LogP contribution in [0.5, 0.6) is 17.2 Å². The van der Waals surface area contributed by atoms with E-state index in [0.29, 0.717) is 48.2 Å². The summed E-state index contributed by atoms with van der Waals surface area (Å²) < 4.78 is 12.0. The van der Waals surface area contributed by atoms with Gasteiger partial charge in [-0.05, 0) is 60.4 Å². The minimum absolute atomic E-state index is 0.0375. The van der Waals surface area contributed by atoms with Crippen LogP contribution in [0.25, 0.3) is 11.4 Å². The molecule has 0 unspecified atom stereocenters. The number of hydrogen-bond donors (Lipinski definition) is 3. The van der Waals surface area contributed by atoms with E-state index in [0.717, 1.165) is 5.56 Å². The highest BCUT2D eigenvalue weighted by atomic mass is 16.5. The second kappa shape index (κ2) is 14.4. The third-order valence-electron chi connectivity index (χ3n) is 8.00. The number of hydrogen-bond acceptors (Lipinski definition) is 8. The first-order valence-electron chi connectivity index (χ1n) is 15.9. The minimum atomic E-state index is -0.977. The molecular formula is C35H37N7O6. The first-order chi connectivity index (χ1) is 23.2. The lowest BCUT2D eigenvalue weighted by molar-refractivity contribution is -0.142. The van der Waals surface area contributed by atoms with E-state index < -0.39 is 23.8 Å². The molecule has 0 radical (unpaired) electrons. The first-order valence-corrected chi connectivity index (χ1v) is 15.9. The van der Waals surface area contributed by atoms with Gasteiger partial charge in [0, 0.05) is 37.5 Å². The molecular weight excluding hydrogens is 614 g/mol. The first kappa shape index (κ1) is 32.2. The number of amides is 4. The average Bonchev–Trinajstić information content (AvgIpc) is 3.60. The third kappa shape index (κ3) is 7.63. The van der Waals surface area contributed by atoms with Crippen molar-refractivity contribution in [1.29, 1.82) is 0 Å². The number of aromatic nitrogens is 3. The molecule has 1 saturated heterocycles. The second-order valence-corrected chi connectivity index (χ2v) is 12.1. The van der Waals surface area contributed by atoms with Crippen molar-refractivity contribution in [3.05, 3.63) is 89.7 Å². The number of nitrogens with one attached hydrogen (secondary N) is 3. The van der Waals surface area contributed by atoms with Crippen molar-refractivity contribution in [2.45, 2.75) is 26.3 Å². The van der Waals surface area contributed by atoms with E-state index in [2.05, 4.69) is 25.8 Å². The van der Waals surface area contributed by atoms with Crippen molar-refractivity contribution < 1.29 is 28.7 Å². The molecule has 2 aliphatic heterocycles. The van der Waals surface area contributed by atoms with Crippen LogP contribution in [-0.2, 0) is 16.0 Å². The fourth-order valence-electron chi connectivity index (χ4n) is 5.55. The van der Waals surface area contributed by atoms with Crippen LogP contribution >= 0.6 is 0 Å². The monoisotopic (exact) mass is 651 g/mol. The van der Waals surface area contributed by atoms with E-state index in [1.807, 2.05) is 38.1 Å². The van der Waals surface area contributed by atoms with Gasteiger partial charge in [0.2, 0.25) is 11.8 Å². The van der Waals surface area contributed by atoms with Crippen LogP contribution in [0.1, 0.15) is 40.3 Å². The van der Waals surface area contributed by atoms with Gasteiger partial charge in [-0.3, -0.25) is 29.3 Å². The zero-order valence-electron chi connectivity index (χ0n) is 26.8. The second-order valence-electron chi connectivity index (χ2n) is 12.1. The molecule has 3 N–H and O–H groups in total. The molecule has 4 aromatic rings. The van der Waals surface area contributed by atoms with E-state index in [1.165, 1.54) is 9.80 Å². The van der Waals surface area contributed by atoms with Crippen molar-refractivity contribution in [2.24, 2.45) is 5.92 Å². The fraction of sp³-hybridized carbons (Fsp3) is 0.314. The molecule has 0 saturated carbocycles. The van der Waals surface area contributed by atoms with Crippen LogP contribution in [0.2, 0.25) is 0 Å². The van der Waals surface area contributed by atoms with E-state index in [1.54, 1.807) is 48.7 Å². The highest BCUT2D eigenvalue weighted by molar-refractivity contribution is 5.98. The summed E-state index contributed by atoms with van der Waals surface area (Å²) in [6.07, 6.45) is 2.14. The number of carbonyl (C=O) groups excluding carboxylic acids is 4. The van der Waals surface area contributed by atoms with Crippen molar-refractivity contribution in [3.63, 3.8) is 0 Å². The maximum atomic E-state index is 13.6. The van der Waals surface area contributed by atoms with Crippen molar-refractivity contribution >= 4 is 23.6 Å². The lowest BCUT2D eigenvalue weighted by atomic mass is 10.1. The Morgan fingerprint density at radius 3 is 2.67 bits per heavy atom. The molecule has 13 nitrogen and oxygen atoms in total. The molecule has 6 rings (SSSR count). The predicted octanol–water partition coefficient (Wildman–Crippen LogP) is 3.05. The number of piperazine rings is 1. The molecule has 1 fully saturated rings. The summed E-state index contributed by atoms with van der Waals surface area (Å²) in [5.74, 6) is -0.00915. The molecule has 2 aliphatic rings. The van der Waals surface area contributed by atoms with Crippen molar-refractivity contribution in [2.75, 3.05) is 39.3 Å². The predicted molar refractivity (Wildman–Crippen MR) is 176 cm³/mol. The standard InChI is InChI=1S/C35H37N7O6/c1-22(2)21-47-26-15-24-16-27(17-26)48-25-7-5-6-23(14-25)9-11-37-34(45)31-20-41(12-13-42(31)32(43)19-38-33(24)44)35(46)30-18-29(39-40-30)28-8-3-4-10-36-28/h3-8,10,14-18,22,31H,9,11-13,19-21H2,1-2H3,(H,37,45)(H,38,44)(H,39,40)/t31-/m1/s1. The normalized spacial score (nSPS) is 17.1. The fourth-order valence-corrected chi connectivity index (χ4v) is 5.55. The molecule has 4 bridgehead atoms. The van der Waals surface area contributed by atoms with Gasteiger partial charge in [0.05, 0.1) is 25.4 Å². The number of aromatic amines is 1. The van der Waals surface area contributed by atoms with Crippen LogP contribution in [0.15, 0.2) is 72.9 Å². The molecule has 2 aromatic carbocycles. The third-order valence-corrected chi connectivity index (χ3v) is 8.00. The number of ether oxygens (including phenoxy) is 2. The number of rotatable bonds is 5. The molecule has 48 heavy (non-hydrogen) atoms. The minimum Gasteiger partial charge on any atom is -0.493 e. The molecule has 0 spiro atoms. The number of benzene rings is 2. The van der Waals surface area contributed by atoms with Crippen LogP contribution in [-0.4, -0.2) is 94.0 Å². The summed E-state index contributed by atoms with van der Waals surface area (Å²) in [7, 11) is 0. The van der Waals surface area contributed by atoms with E-state index in [9.17, 15) is 19.2 Å². The van der Waals surface area contributed by atoms with Gasteiger partial charge in [0.1, 0.15) is 34.7 Å². The Kier molecular flexibility index (Phi) is 9.65. The average molecular weight is 652 g/mol. The van der Waals surface area contributed by atoms with Crippen LogP contribution in [0, 0.1) is 5.92 Å². The topological polar surface area (TPSA) is 159 Å². The Morgan fingerprint density at radius 2 is 1.85 bits per heavy atom. The number of H-pyrrole nitrogens is 1. The Labute approximate surface area is 277 Å². The van der Waals surface area contributed by atoms with Crippen LogP contribution in [0.4, 0.5) is 0 Å². The Morgan fingerprint density at radius 1 is 0.979 bits per heavy atom. The highest BCUT2D eigenvalue weighted by Gasteiger charge is 2.37. The largest absolute Gasteiger partial charge is 0.493 e. The molecule has 4 heterocycles. The van der Waals surface area contributed by atoms with Crippen molar-refractivity contribution in [3.8, 4) is 28.6 Å². The van der Waals surface area contributed by atoms with E-state index >= 15 is 0 Å². The number of nitrogens with zero attached hydrogens (tertiary/aromatic N) is 4. The van der Waals surface area contributed by atoms with Gasteiger partial charge in [-0.1, -0.05) is 32.0 Å². The summed E-state index contributed by atoms with van der Waals surface area (Å²) in [6.45, 7) is 4.68. The number of pyridine rings is 1. The summed E-state index contributed by atoms with van der Waals surface area (Å²) in [6, 6.07) is 18.4. The van der Waals surface area contributed by atoms with Gasteiger partial charge in [-0.2, -0.15) is 5.10 Å². The Balaban J connectivity index is 1.23. The summed E-state index contributed by atoms with van der Waals surface area (Å²) in [5, 5.41) is 12.6. The van der Waals surface area contributed by atoms with E-state index in [4.69, 9.17) is 9.47 Å². The van der Waals surface area contributed by atoms with Crippen LogP contribution in [0.3, 0.4) is 0 Å². The van der Waals surface area contributed by atoms with Gasteiger partial charge in [-0.25, -0.2) is 0 Å². The Bertz CT molecular complexity index is 1810. The van der Waals surface area contributed by atoms with Gasteiger partial charge in [0.15, 0.2) is 0 Å². The molecule has 248 valence electrons. The number of fused-ring (bicyclic) bond motifs is 5. The van der Waals surface area contributed by atoms with Crippen LogP contribution < -0.4 is 20.1 Å². The zero-order valence-corrected chi connectivity index (χ0v) is 26.8. The SMILES string of the molecule is CC(C)COc1cc2cc(c1)C(=O)NCC(=O)N1CCN(C(=O)c3cc(-c4ccccn4)n[nH]3)C[C@@H]1C(=O)NCCc1cccc(c1)O2. The molecule has 13 heteroatoms. The smallest absolute Gasteiger partial charge is 0.272 e. The maximum Gasteiger partial charge on any atom is 0.272 e. The molecule has 2 aromatic heterocycles.